The topological polar surface area (TPSA) is 78.9 Å². The molecule has 0 atom stereocenters. The number of piperidine rings is 1. The van der Waals surface area contributed by atoms with Crippen LogP contribution >= 0.6 is 23.4 Å². The number of nitrogens with zero attached hydrogens (tertiary/aromatic N) is 5. The third kappa shape index (κ3) is 8.66. The first-order valence-corrected chi connectivity index (χ1v) is 13.3. The van der Waals surface area contributed by atoms with Crippen LogP contribution in [0.15, 0.2) is 41.6 Å². The quantitative estimate of drug-likeness (QED) is 0.193. The lowest BCUT2D eigenvalue weighted by Crippen LogP contribution is -2.41. The molecule has 3 rings (SSSR count). The standard InChI is InChI=1S/C25H34ClN5O3S/c1-4-34-24(33)20-10-12-30(13-11-20)23(32)18-35-25-27-21(26)16-22(28-25)31(15-14-29(2)3)17-19-8-6-5-7-9-19/h5-9,16,20H,4,10-15,17-18H2,1-3H3. The first kappa shape index (κ1) is 27.2. The fourth-order valence-corrected chi connectivity index (χ4v) is 4.84. The number of amides is 1. The van der Waals surface area contributed by atoms with Crippen LogP contribution in [0.2, 0.25) is 5.15 Å². The number of likely N-dealkylation sites (N-methyl/N-ethyl adjacent to an activating group) is 1. The Hall–Kier alpha value is -2.36. The van der Waals surface area contributed by atoms with Gasteiger partial charge in [-0.25, -0.2) is 9.97 Å². The average Bonchev–Trinajstić information content (AvgIpc) is 2.85. The molecular weight excluding hydrogens is 486 g/mol. The first-order valence-electron chi connectivity index (χ1n) is 11.9. The lowest BCUT2D eigenvalue weighted by Gasteiger charge is -2.30. The number of aromatic nitrogens is 2. The second kappa shape index (κ2) is 13.7. The van der Waals surface area contributed by atoms with Gasteiger partial charge < -0.3 is 19.4 Å². The molecule has 0 bridgehead atoms. The van der Waals surface area contributed by atoms with E-state index in [2.05, 4.69) is 26.9 Å². The molecule has 8 nitrogen and oxygen atoms in total. The van der Waals surface area contributed by atoms with Crippen LogP contribution < -0.4 is 4.90 Å². The minimum absolute atomic E-state index is 0.0104. The molecule has 1 amide bonds. The molecular formula is C25H34ClN5O3S. The van der Waals surface area contributed by atoms with Crippen molar-refractivity contribution in [2.45, 2.75) is 31.5 Å². The molecule has 1 fully saturated rings. The van der Waals surface area contributed by atoms with Gasteiger partial charge in [-0.15, -0.1) is 0 Å². The molecule has 0 unspecified atom stereocenters. The van der Waals surface area contributed by atoms with Crippen molar-refractivity contribution in [3.8, 4) is 0 Å². The van der Waals surface area contributed by atoms with Crippen molar-refractivity contribution in [2.75, 3.05) is 57.5 Å². The molecule has 0 aliphatic carbocycles. The molecule has 1 aliphatic heterocycles. The van der Waals surface area contributed by atoms with E-state index in [1.165, 1.54) is 17.3 Å². The second-order valence-electron chi connectivity index (χ2n) is 8.74. The van der Waals surface area contributed by atoms with Crippen LogP contribution in [0.3, 0.4) is 0 Å². The van der Waals surface area contributed by atoms with Gasteiger partial charge in [-0.05, 0) is 39.4 Å². The number of esters is 1. The summed E-state index contributed by atoms with van der Waals surface area (Å²) in [4.78, 5) is 39.9. The van der Waals surface area contributed by atoms with E-state index in [1.54, 1.807) is 17.9 Å². The molecule has 10 heteroatoms. The van der Waals surface area contributed by atoms with Crippen LogP contribution in [0.5, 0.6) is 0 Å². The number of anilines is 1. The molecule has 35 heavy (non-hydrogen) atoms. The molecule has 2 heterocycles. The van der Waals surface area contributed by atoms with Gasteiger partial charge in [-0.2, -0.15) is 0 Å². The zero-order valence-electron chi connectivity index (χ0n) is 20.7. The van der Waals surface area contributed by atoms with Crippen LogP contribution in [0.4, 0.5) is 5.82 Å². The van der Waals surface area contributed by atoms with Gasteiger partial charge in [-0.3, -0.25) is 9.59 Å². The van der Waals surface area contributed by atoms with Crippen molar-refractivity contribution in [3.05, 3.63) is 47.1 Å². The Balaban J connectivity index is 1.62. The molecule has 0 saturated carbocycles. The van der Waals surface area contributed by atoms with Crippen LogP contribution in [-0.4, -0.2) is 84.3 Å². The summed E-state index contributed by atoms with van der Waals surface area (Å²) in [5.74, 6) is 0.684. The van der Waals surface area contributed by atoms with Gasteiger partial charge in [0.1, 0.15) is 11.0 Å². The van der Waals surface area contributed by atoms with Crippen LogP contribution in [0, 0.1) is 5.92 Å². The maximum Gasteiger partial charge on any atom is 0.309 e. The summed E-state index contributed by atoms with van der Waals surface area (Å²) in [5, 5.41) is 0.827. The van der Waals surface area contributed by atoms with Crippen molar-refractivity contribution in [1.29, 1.82) is 0 Å². The summed E-state index contributed by atoms with van der Waals surface area (Å²) in [7, 11) is 4.08. The molecule has 0 radical (unpaired) electrons. The molecule has 0 N–H and O–H groups in total. The minimum Gasteiger partial charge on any atom is -0.466 e. The van der Waals surface area contributed by atoms with Crippen molar-refractivity contribution >= 4 is 41.1 Å². The molecule has 190 valence electrons. The number of carbonyl (C=O) groups excluding carboxylic acids is 2. The zero-order chi connectivity index (χ0) is 25.2. The van der Waals surface area contributed by atoms with E-state index in [0.717, 1.165) is 18.9 Å². The number of hydrogen-bond acceptors (Lipinski definition) is 8. The number of thioether (sulfide) groups is 1. The molecule has 1 aliphatic rings. The summed E-state index contributed by atoms with van der Waals surface area (Å²) in [5.41, 5.74) is 1.18. The summed E-state index contributed by atoms with van der Waals surface area (Å²) in [6.07, 6.45) is 1.26. The van der Waals surface area contributed by atoms with Crippen LogP contribution in [0.1, 0.15) is 25.3 Å². The average molecular weight is 520 g/mol. The van der Waals surface area contributed by atoms with E-state index in [4.69, 9.17) is 21.3 Å². The van der Waals surface area contributed by atoms with Crippen molar-refractivity contribution in [3.63, 3.8) is 0 Å². The minimum atomic E-state index is -0.164. The highest BCUT2D eigenvalue weighted by Crippen LogP contribution is 2.25. The number of ether oxygens (including phenoxy) is 1. The third-order valence-corrected chi connectivity index (χ3v) is 6.84. The van der Waals surface area contributed by atoms with E-state index in [-0.39, 0.29) is 23.5 Å². The van der Waals surface area contributed by atoms with Gasteiger partial charge >= 0.3 is 5.97 Å². The number of carbonyl (C=O) groups is 2. The Morgan fingerprint density at radius 1 is 1.14 bits per heavy atom. The summed E-state index contributed by atoms with van der Waals surface area (Å²) in [6, 6.07) is 12.0. The first-order chi connectivity index (χ1) is 16.9. The highest BCUT2D eigenvalue weighted by molar-refractivity contribution is 7.99. The molecule has 2 aromatic rings. The highest BCUT2D eigenvalue weighted by atomic mass is 35.5. The second-order valence-corrected chi connectivity index (χ2v) is 10.1. The zero-order valence-corrected chi connectivity index (χ0v) is 22.2. The summed E-state index contributed by atoms with van der Waals surface area (Å²) >= 11 is 7.64. The summed E-state index contributed by atoms with van der Waals surface area (Å²) < 4.78 is 5.11. The van der Waals surface area contributed by atoms with Gasteiger partial charge in [0.25, 0.3) is 0 Å². The van der Waals surface area contributed by atoms with E-state index in [1.807, 2.05) is 32.3 Å². The fourth-order valence-electron chi connectivity index (χ4n) is 3.85. The Bertz CT molecular complexity index is 971. The van der Waals surface area contributed by atoms with E-state index >= 15 is 0 Å². The lowest BCUT2D eigenvalue weighted by atomic mass is 9.97. The number of hydrogen-bond donors (Lipinski definition) is 0. The fraction of sp³-hybridized carbons (Fsp3) is 0.520. The SMILES string of the molecule is CCOC(=O)C1CCN(C(=O)CSc2nc(Cl)cc(N(CCN(C)C)Cc3ccccc3)n2)CC1. The molecule has 0 spiro atoms. The number of halogens is 1. The van der Waals surface area contributed by atoms with Gasteiger partial charge in [0.05, 0.1) is 18.3 Å². The molecule has 1 aromatic heterocycles. The predicted octanol–water partition coefficient (Wildman–Crippen LogP) is 3.59. The Morgan fingerprint density at radius 3 is 2.51 bits per heavy atom. The summed E-state index contributed by atoms with van der Waals surface area (Å²) in [6.45, 7) is 5.62. The van der Waals surface area contributed by atoms with Crippen LogP contribution in [-0.2, 0) is 20.9 Å². The maximum absolute atomic E-state index is 12.8. The van der Waals surface area contributed by atoms with Gasteiger partial charge in [0, 0.05) is 38.8 Å². The Morgan fingerprint density at radius 2 is 1.86 bits per heavy atom. The number of likely N-dealkylation sites (tertiary alicyclic amines) is 1. The normalized spacial score (nSPS) is 14.3. The van der Waals surface area contributed by atoms with Crippen molar-refractivity contribution in [1.82, 2.24) is 19.8 Å². The van der Waals surface area contributed by atoms with Gasteiger partial charge in [0.2, 0.25) is 5.91 Å². The highest BCUT2D eigenvalue weighted by Gasteiger charge is 2.28. The van der Waals surface area contributed by atoms with Gasteiger partial charge in [0.15, 0.2) is 5.16 Å². The molecule has 1 saturated heterocycles. The van der Waals surface area contributed by atoms with E-state index in [0.29, 0.717) is 49.4 Å². The van der Waals surface area contributed by atoms with E-state index in [9.17, 15) is 9.59 Å². The van der Waals surface area contributed by atoms with Crippen molar-refractivity contribution < 1.29 is 14.3 Å². The van der Waals surface area contributed by atoms with Crippen molar-refractivity contribution in [2.24, 2.45) is 5.92 Å². The Labute approximate surface area is 217 Å². The largest absolute Gasteiger partial charge is 0.466 e. The monoisotopic (exact) mass is 519 g/mol. The van der Waals surface area contributed by atoms with Gasteiger partial charge in [-0.1, -0.05) is 53.7 Å². The number of benzene rings is 1. The Kier molecular flexibility index (Phi) is 10.6. The molecule has 1 aromatic carbocycles. The third-order valence-electron chi connectivity index (χ3n) is 5.81. The van der Waals surface area contributed by atoms with Crippen LogP contribution in [0.25, 0.3) is 0 Å². The number of rotatable bonds is 11. The smallest absolute Gasteiger partial charge is 0.309 e. The maximum atomic E-state index is 12.8. The van der Waals surface area contributed by atoms with E-state index < -0.39 is 0 Å². The predicted molar refractivity (Wildman–Crippen MR) is 140 cm³/mol. The lowest BCUT2D eigenvalue weighted by molar-refractivity contribution is -0.151.